The SMILES string of the molecule is COCCOc1cccc(CN2CCO[C@@H](c3nncn3C)C2)c1. The molecule has 1 aromatic carbocycles. The number of benzene rings is 1. The van der Waals surface area contributed by atoms with Gasteiger partial charge in [0.25, 0.3) is 0 Å². The van der Waals surface area contributed by atoms with Crippen LogP contribution in [0, 0.1) is 0 Å². The lowest BCUT2D eigenvalue weighted by atomic mass is 10.1. The van der Waals surface area contributed by atoms with E-state index in [4.69, 9.17) is 14.2 Å². The standard InChI is InChI=1S/C17H24N4O3/c1-20-13-18-19-17(20)16-12-21(6-7-24-16)11-14-4-3-5-15(10-14)23-9-8-22-2/h3-5,10,13,16H,6-9,11-12H2,1-2H3/t16-/m1/s1. The molecule has 2 heterocycles. The number of aromatic nitrogens is 3. The molecule has 0 spiro atoms. The number of aryl methyl sites for hydroxylation is 1. The lowest BCUT2D eigenvalue weighted by molar-refractivity contribution is -0.0385. The predicted molar refractivity (Wildman–Crippen MR) is 88.8 cm³/mol. The van der Waals surface area contributed by atoms with Gasteiger partial charge in [0.05, 0.1) is 13.2 Å². The molecular weight excluding hydrogens is 308 g/mol. The molecule has 0 aliphatic carbocycles. The van der Waals surface area contributed by atoms with Crippen molar-refractivity contribution >= 4 is 0 Å². The topological polar surface area (TPSA) is 61.6 Å². The second-order valence-corrected chi connectivity index (χ2v) is 5.88. The van der Waals surface area contributed by atoms with Crippen LogP contribution in [-0.4, -0.2) is 59.7 Å². The van der Waals surface area contributed by atoms with Gasteiger partial charge in [-0.05, 0) is 17.7 Å². The molecule has 2 aromatic rings. The van der Waals surface area contributed by atoms with E-state index in [-0.39, 0.29) is 6.10 Å². The summed E-state index contributed by atoms with van der Waals surface area (Å²) in [7, 11) is 3.62. The van der Waals surface area contributed by atoms with Crippen LogP contribution in [0.5, 0.6) is 5.75 Å². The van der Waals surface area contributed by atoms with Crippen LogP contribution in [0.3, 0.4) is 0 Å². The van der Waals surface area contributed by atoms with E-state index in [1.807, 2.05) is 23.7 Å². The van der Waals surface area contributed by atoms with Gasteiger partial charge in [0.1, 0.15) is 24.8 Å². The molecule has 0 radical (unpaired) electrons. The summed E-state index contributed by atoms with van der Waals surface area (Å²) in [4.78, 5) is 2.37. The molecule has 7 heteroatoms. The van der Waals surface area contributed by atoms with Gasteiger partial charge in [-0.3, -0.25) is 4.90 Å². The van der Waals surface area contributed by atoms with Crippen molar-refractivity contribution in [3.63, 3.8) is 0 Å². The Morgan fingerprint density at radius 2 is 2.25 bits per heavy atom. The highest BCUT2D eigenvalue weighted by Gasteiger charge is 2.25. The van der Waals surface area contributed by atoms with Gasteiger partial charge in [0.15, 0.2) is 5.82 Å². The van der Waals surface area contributed by atoms with Crippen molar-refractivity contribution in [1.29, 1.82) is 0 Å². The lowest BCUT2D eigenvalue weighted by Gasteiger charge is -2.32. The molecule has 0 amide bonds. The highest BCUT2D eigenvalue weighted by molar-refractivity contribution is 5.28. The molecule has 0 N–H and O–H groups in total. The Bertz CT molecular complexity index is 646. The van der Waals surface area contributed by atoms with Gasteiger partial charge in [-0.1, -0.05) is 12.1 Å². The third-order valence-corrected chi connectivity index (χ3v) is 4.05. The Morgan fingerprint density at radius 3 is 3.04 bits per heavy atom. The van der Waals surface area contributed by atoms with Crippen molar-refractivity contribution in [3.05, 3.63) is 42.0 Å². The molecule has 1 atom stereocenters. The van der Waals surface area contributed by atoms with E-state index in [0.717, 1.165) is 31.2 Å². The van der Waals surface area contributed by atoms with E-state index in [2.05, 4.69) is 27.2 Å². The Kier molecular flexibility index (Phi) is 5.79. The van der Waals surface area contributed by atoms with Gasteiger partial charge in [0, 0.05) is 33.8 Å². The summed E-state index contributed by atoms with van der Waals surface area (Å²) >= 11 is 0. The lowest BCUT2D eigenvalue weighted by Crippen LogP contribution is -2.38. The third kappa shape index (κ3) is 4.31. The normalized spacial score (nSPS) is 18.7. The Morgan fingerprint density at radius 1 is 1.33 bits per heavy atom. The number of morpholine rings is 1. The van der Waals surface area contributed by atoms with Crippen LogP contribution in [0.2, 0.25) is 0 Å². The molecule has 0 saturated carbocycles. The average Bonchev–Trinajstić information content (AvgIpc) is 3.02. The van der Waals surface area contributed by atoms with Crippen LogP contribution < -0.4 is 4.74 Å². The minimum Gasteiger partial charge on any atom is -0.491 e. The van der Waals surface area contributed by atoms with E-state index < -0.39 is 0 Å². The zero-order valence-electron chi connectivity index (χ0n) is 14.2. The number of hydrogen-bond acceptors (Lipinski definition) is 6. The maximum atomic E-state index is 5.86. The van der Waals surface area contributed by atoms with E-state index in [1.54, 1.807) is 13.4 Å². The van der Waals surface area contributed by atoms with Gasteiger partial charge in [0.2, 0.25) is 0 Å². The quantitative estimate of drug-likeness (QED) is 0.715. The zero-order valence-corrected chi connectivity index (χ0v) is 14.2. The van der Waals surface area contributed by atoms with Gasteiger partial charge in [-0.2, -0.15) is 0 Å². The van der Waals surface area contributed by atoms with Crippen molar-refractivity contribution in [2.24, 2.45) is 7.05 Å². The van der Waals surface area contributed by atoms with Crippen LogP contribution in [0.25, 0.3) is 0 Å². The van der Waals surface area contributed by atoms with Gasteiger partial charge < -0.3 is 18.8 Å². The number of methoxy groups -OCH3 is 1. The first kappa shape index (κ1) is 16.9. The van der Waals surface area contributed by atoms with Gasteiger partial charge >= 0.3 is 0 Å². The summed E-state index contributed by atoms with van der Waals surface area (Å²) in [5.41, 5.74) is 1.23. The average molecular weight is 332 g/mol. The summed E-state index contributed by atoms with van der Waals surface area (Å²) in [6.45, 7) is 4.42. The second kappa shape index (κ2) is 8.23. The van der Waals surface area contributed by atoms with Crippen LogP contribution >= 0.6 is 0 Å². The first-order chi connectivity index (χ1) is 11.8. The minimum absolute atomic E-state index is 0.0348. The Labute approximate surface area is 142 Å². The highest BCUT2D eigenvalue weighted by atomic mass is 16.5. The van der Waals surface area contributed by atoms with Crippen LogP contribution in [0.15, 0.2) is 30.6 Å². The molecular formula is C17H24N4O3. The number of ether oxygens (including phenoxy) is 3. The minimum atomic E-state index is -0.0348. The van der Waals surface area contributed by atoms with Crippen molar-refractivity contribution in [2.75, 3.05) is 40.0 Å². The van der Waals surface area contributed by atoms with E-state index in [1.165, 1.54) is 5.56 Å². The largest absolute Gasteiger partial charge is 0.491 e. The summed E-state index contributed by atoms with van der Waals surface area (Å²) in [6, 6.07) is 8.21. The summed E-state index contributed by atoms with van der Waals surface area (Å²) in [5.74, 6) is 1.75. The van der Waals surface area contributed by atoms with Gasteiger partial charge in [-0.25, -0.2) is 0 Å². The van der Waals surface area contributed by atoms with Crippen molar-refractivity contribution in [3.8, 4) is 5.75 Å². The van der Waals surface area contributed by atoms with Crippen LogP contribution in [-0.2, 0) is 23.1 Å². The summed E-state index contributed by atoms with van der Waals surface area (Å²) in [6.07, 6.45) is 1.67. The molecule has 24 heavy (non-hydrogen) atoms. The maximum Gasteiger partial charge on any atom is 0.163 e. The van der Waals surface area contributed by atoms with Crippen LogP contribution in [0.4, 0.5) is 0 Å². The summed E-state index contributed by atoms with van der Waals surface area (Å²) in [5, 5.41) is 8.11. The molecule has 0 unspecified atom stereocenters. The molecule has 1 saturated heterocycles. The molecule has 130 valence electrons. The fourth-order valence-electron chi connectivity index (χ4n) is 2.82. The highest BCUT2D eigenvalue weighted by Crippen LogP contribution is 2.22. The summed E-state index contributed by atoms with van der Waals surface area (Å²) < 4.78 is 18.5. The number of nitrogens with zero attached hydrogens (tertiary/aromatic N) is 4. The molecule has 0 bridgehead atoms. The zero-order chi connectivity index (χ0) is 16.8. The van der Waals surface area contributed by atoms with Crippen molar-refractivity contribution in [2.45, 2.75) is 12.6 Å². The van der Waals surface area contributed by atoms with E-state index in [0.29, 0.717) is 19.8 Å². The molecule has 1 aliphatic heterocycles. The van der Waals surface area contributed by atoms with E-state index >= 15 is 0 Å². The number of rotatable bonds is 7. The Balaban J connectivity index is 1.59. The number of hydrogen-bond donors (Lipinski definition) is 0. The van der Waals surface area contributed by atoms with E-state index in [9.17, 15) is 0 Å². The molecule has 1 fully saturated rings. The second-order valence-electron chi connectivity index (χ2n) is 5.88. The van der Waals surface area contributed by atoms with Gasteiger partial charge in [-0.15, -0.1) is 10.2 Å². The first-order valence-corrected chi connectivity index (χ1v) is 8.15. The predicted octanol–water partition coefficient (Wildman–Crippen LogP) is 1.41. The van der Waals surface area contributed by atoms with Crippen molar-refractivity contribution in [1.82, 2.24) is 19.7 Å². The fourth-order valence-corrected chi connectivity index (χ4v) is 2.82. The van der Waals surface area contributed by atoms with Crippen molar-refractivity contribution < 1.29 is 14.2 Å². The maximum absolute atomic E-state index is 5.86. The smallest absolute Gasteiger partial charge is 0.163 e. The van der Waals surface area contributed by atoms with Crippen LogP contribution in [0.1, 0.15) is 17.5 Å². The third-order valence-electron chi connectivity index (χ3n) is 4.05. The fraction of sp³-hybridized carbons (Fsp3) is 0.529. The first-order valence-electron chi connectivity index (χ1n) is 8.15. The molecule has 1 aromatic heterocycles. The Hall–Kier alpha value is -1.96. The molecule has 7 nitrogen and oxygen atoms in total. The molecule has 1 aliphatic rings. The monoisotopic (exact) mass is 332 g/mol. The molecule has 3 rings (SSSR count).